The molecule has 0 fully saturated rings. The zero-order valence-electron chi connectivity index (χ0n) is 16.3. The fourth-order valence-corrected chi connectivity index (χ4v) is 4.69. The van der Waals surface area contributed by atoms with Crippen LogP contribution in [0.4, 0.5) is 4.39 Å². The molecule has 158 valence electrons. The number of ether oxygens (including phenoxy) is 1. The number of halogens is 1. The van der Waals surface area contributed by atoms with E-state index in [1.54, 1.807) is 0 Å². The van der Waals surface area contributed by atoms with Crippen LogP contribution in [0.2, 0.25) is 0 Å². The van der Waals surface area contributed by atoms with Crippen molar-refractivity contribution in [3.8, 4) is 10.6 Å². The lowest BCUT2D eigenvalue weighted by molar-refractivity contribution is -0.145. The van der Waals surface area contributed by atoms with Crippen LogP contribution in [0, 0.1) is 5.82 Å². The first-order valence-corrected chi connectivity index (χ1v) is 11.6. The Kier molecular flexibility index (Phi) is 7.30. The number of nitrogens with zero attached hydrogens (tertiary/aromatic N) is 2. The van der Waals surface area contributed by atoms with Crippen molar-refractivity contribution in [2.45, 2.75) is 24.3 Å². The summed E-state index contributed by atoms with van der Waals surface area (Å²) in [6.45, 7) is 0.218. The monoisotopic (exact) mass is 448 g/mol. The van der Waals surface area contributed by atoms with Crippen LogP contribution in [0.15, 0.2) is 64.9 Å². The van der Waals surface area contributed by atoms with Gasteiger partial charge in [0.25, 0.3) is 0 Å². The predicted molar refractivity (Wildman–Crippen MR) is 113 cm³/mol. The van der Waals surface area contributed by atoms with Crippen LogP contribution >= 0.6 is 11.3 Å². The number of hydrogen-bond acceptors (Lipinski definition) is 6. The molecule has 2 aromatic carbocycles. The second kappa shape index (κ2) is 9.92. The Morgan fingerprint density at radius 2 is 1.83 bits per heavy atom. The number of rotatable bonds is 9. The Morgan fingerprint density at radius 1 is 1.13 bits per heavy atom. The minimum Gasteiger partial charge on any atom is -0.459 e. The fraction of sp³-hybridized carbons (Fsp3) is 0.238. The molecule has 0 radical (unpaired) electrons. The zero-order chi connectivity index (χ0) is 21.6. The van der Waals surface area contributed by atoms with Gasteiger partial charge in [0.1, 0.15) is 17.4 Å². The number of carbonyl (C=O) groups excluding carboxylic acids is 1. The Morgan fingerprint density at radius 3 is 2.53 bits per heavy atom. The summed E-state index contributed by atoms with van der Waals surface area (Å²) in [6.07, 6.45) is 0.390. The van der Waals surface area contributed by atoms with Gasteiger partial charge in [-0.25, -0.2) is 22.1 Å². The molecule has 3 aromatic rings. The van der Waals surface area contributed by atoms with Gasteiger partial charge in [0, 0.05) is 31.0 Å². The molecule has 0 bridgehead atoms. The first kappa shape index (κ1) is 22.1. The fourth-order valence-electron chi connectivity index (χ4n) is 2.67. The Labute approximate surface area is 179 Å². The highest BCUT2D eigenvalue weighted by molar-refractivity contribution is 7.89. The molecule has 30 heavy (non-hydrogen) atoms. The maximum Gasteiger partial charge on any atom is 0.306 e. The van der Waals surface area contributed by atoms with E-state index in [1.807, 2.05) is 35.7 Å². The smallest absolute Gasteiger partial charge is 0.306 e. The van der Waals surface area contributed by atoms with E-state index in [1.165, 1.54) is 30.5 Å². The highest BCUT2D eigenvalue weighted by Crippen LogP contribution is 2.23. The molecule has 1 aromatic heterocycles. The molecular formula is C21H21FN2O4S2. The second-order valence-corrected chi connectivity index (χ2v) is 9.46. The van der Waals surface area contributed by atoms with Gasteiger partial charge in [0.2, 0.25) is 10.0 Å². The van der Waals surface area contributed by atoms with E-state index in [-0.39, 0.29) is 24.5 Å². The second-order valence-electron chi connectivity index (χ2n) is 6.55. The normalized spacial score (nSPS) is 11.6. The van der Waals surface area contributed by atoms with Crippen LogP contribution in [0.25, 0.3) is 10.6 Å². The summed E-state index contributed by atoms with van der Waals surface area (Å²) in [5.41, 5.74) is 1.67. The third-order valence-corrected chi connectivity index (χ3v) is 7.14. The van der Waals surface area contributed by atoms with Crippen molar-refractivity contribution in [2.75, 3.05) is 13.6 Å². The van der Waals surface area contributed by atoms with Crippen LogP contribution in [-0.2, 0) is 26.2 Å². The molecule has 0 saturated carbocycles. The minimum absolute atomic E-state index is 0.00623. The molecule has 6 nitrogen and oxygen atoms in total. The number of sulfonamides is 1. The molecule has 3 rings (SSSR count). The van der Waals surface area contributed by atoms with Crippen LogP contribution in [0.1, 0.15) is 18.5 Å². The summed E-state index contributed by atoms with van der Waals surface area (Å²) in [5.74, 6) is -0.924. The Balaban J connectivity index is 1.44. The summed E-state index contributed by atoms with van der Waals surface area (Å²) in [5, 5.41) is 2.70. The third-order valence-electron chi connectivity index (χ3n) is 4.33. The van der Waals surface area contributed by atoms with Crippen LogP contribution in [0.5, 0.6) is 0 Å². The first-order chi connectivity index (χ1) is 14.4. The molecule has 0 amide bonds. The van der Waals surface area contributed by atoms with Crippen molar-refractivity contribution in [2.24, 2.45) is 0 Å². The quantitative estimate of drug-likeness (QED) is 0.461. The Bertz CT molecular complexity index is 1080. The van der Waals surface area contributed by atoms with Crippen molar-refractivity contribution in [3.63, 3.8) is 0 Å². The average Bonchev–Trinajstić information content (AvgIpc) is 3.22. The molecule has 0 atom stereocenters. The van der Waals surface area contributed by atoms with E-state index >= 15 is 0 Å². The number of carbonyl (C=O) groups is 1. The van der Waals surface area contributed by atoms with Crippen LogP contribution in [-0.4, -0.2) is 37.3 Å². The van der Waals surface area contributed by atoms with Gasteiger partial charge in [0.15, 0.2) is 0 Å². The topological polar surface area (TPSA) is 76.6 Å². The number of hydrogen-bond donors (Lipinski definition) is 0. The highest BCUT2D eigenvalue weighted by Gasteiger charge is 2.20. The van der Waals surface area contributed by atoms with Crippen LogP contribution < -0.4 is 0 Å². The lowest BCUT2D eigenvalue weighted by Crippen LogP contribution is -2.28. The molecule has 0 aliphatic heterocycles. The standard InChI is InChI=1S/C21H21FN2O4S2/c1-24(30(26,27)19-11-9-17(22)10-12-19)13-5-8-20(25)28-14-18-15-29-21(23-18)16-6-3-2-4-7-16/h2-4,6-7,9-12,15H,5,8,13-14H2,1H3. The number of thiazole rings is 1. The molecule has 0 aliphatic carbocycles. The summed E-state index contributed by atoms with van der Waals surface area (Å²) >= 11 is 1.48. The molecule has 0 unspecified atom stereocenters. The SMILES string of the molecule is CN(CCCC(=O)OCc1csc(-c2ccccc2)n1)S(=O)(=O)c1ccc(F)cc1. The summed E-state index contributed by atoms with van der Waals surface area (Å²) in [7, 11) is -2.31. The molecule has 0 saturated heterocycles. The van der Waals surface area contributed by atoms with Crippen molar-refractivity contribution < 1.29 is 22.3 Å². The largest absolute Gasteiger partial charge is 0.459 e. The van der Waals surface area contributed by atoms with Gasteiger partial charge < -0.3 is 4.74 Å². The van der Waals surface area contributed by atoms with E-state index in [0.717, 1.165) is 27.0 Å². The summed E-state index contributed by atoms with van der Waals surface area (Å²) in [4.78, 5) is 16.4. The lowest BCUT2D eigenvalue weighted by Gasteiger charge is -2.16. The first-order valence-electron chi connectivity index (χ1n) is 9.23. The van der Waals surface area contributed by atoms with Crippen molar-refractivity contribution in [1.82, 2.24) is 9.29 Å². The van der Waals surface area contributed by atoms with Gasteiger partial charge in [-0.05, 0) is 30.7 Å². The summed E-state index contributed by atoms with van der Waals surface area (Å²) in [6, 6.07) is 14.4. The molecule has 1 heterocycles. The molecule has 9 heteroatoms. The van der Waals surface area contributed by atoms with E-state index < -0.39 is 21.8 Å². The molecule has 0 aliphatic rings. The zero-order valence-corrected chi connectivity index (χ0v) is 18.0. The highest BCUT2D eigenvalue weighted by atomic mass is 32.2. The van der Waals surface area contributed by atoms with Crippen molar-refractivity contribution in [1.29, 1.82) is 0 Å². The number of aromatic nitrogens is 1. The summed E-state index contributed by atoms with van der Waals surface area (Å²) < 4.78 is 44.2. The number of benzene rings is 2. The van der Waals surface area contributed by atoms with E-state index in [9.17, 15) is 17.6 Å². The minimum atomic E-state index is -3.73. The molecule has 0 spiro atoms. The van der Waals surface area contributed by atoms with Gasteiger partial charge in [-0.2, -0.15) is 0 Å². The Hall–Kier alpha value is -2.62. The van der Waals surface area contributed by atoms with Gasteiger partial charge in [0.05, 0.1) is 10.6 Å². The molecular weight excluding hydrogens is 427 g/mol. The maximum absolute atomic E-state index is 13.0. The van der Waals surface area contributed by atoms with Gasteiger partial charge in [-0.1, -0.05) is 30.3 Å². The maximum atomic E-state index is 13.0. The van der Waals surface area contributed by atoms with Gasteiger partial charge in [-0.15, -0.1) is 11.3 Å². The van der Waals surface area contributed by atoms with Crippen molar-refractivity contribution >= 4 is 27.3 Å². The van der Waals surface area contributed by atoms with E-state index in [0.29, 0.717) is 12.1 Å². The van der Waals surface area contributed by atoms with Crippen LogP contribution in [0.3, 0.4) is 0 Å². The predicted octanol–water partition coefficient (Wildman–Crippen LogP) is 4.09. The number of esters is 1. The van der Waals surface area contributed by atoms with E-state index in [2.05, 4.69) is 4.98 Å². The average molecular weight is 449 g/mol. The van der Waals surface area contributed by atoms with Gasteiger partial charge in [-0.3, -0.25) is 4.79 Å². The van der Waals surface area contributed by atoms with Crippen molar-refractivity contribution in [3.05, 3.63) is 71.5 Å². The molecule has 0 N–H and O–H groups in total. The lowest BCUT2D eigenvalue weighted by atomic mass is 10.2. The van der Waals surface area contributed by atoms with Gasteiger partial charge >= 0.3 is 5.97 Å². The van der Waals surface area contributed by atoms with E-state index in [4.69, 9.17) is 4.74 Å². The third kappa shape index (κ3) is 5.71.